The summed E-state index contributed by atoms with van der Waals surface area (Å²) in [6, 6.07) is 42.9. The fraction of sp³-hybridized carbons (Fsp3) is 0.0476. The third-order valence-corrected chi connectivity index (χ3v) is 12.8. The molecule has 0 radical (unpaired) electrons. The van der Waals surface area contributed by atoms with Crippen LogP contribution in [-0.4, -0.2) is 18.0 Å². The molecule has 1 aliphatic heterocycles. The predicted octanol–water partition coefficient (Wildman–Crippen LogP) is 10.6. The van der Waals surface area contributed by atoms with Crippen molar-refractivity contribution in [2.75, 3.05) is 0 Å². The Morgan fingerprint density at radius 2 is 1.29 bits per heavy atom. The monoisotopic (exact) mass is 667 g/mol. The number of hydrogen-bond donors (Lipinski definition) is 0. The van der Waals surface area contributed by atoms with E-state index < -0.39 is 9.84 Å². The van der Waals surface area contributed by atoms with Crippen molar-refractivity contribution in [3.8, 4) is 34.0 Å². The third-order valence-electron chi connectivity index (χ3n) is 9.92. The smallest absolute Gasteiger partial charge is 0.210 e. The van der Waals surface area contributed by atoms with Crippen molar-refractivity contribution in [1.29, 1.82) is 5.26 Å². The lowest BCUT2D eigenvalue weighted by Gasteiger charge is -2.23. The Bertz CT molecular complexity index is 3020. The molecule has 0 spiro atoms. The largest absolute Gasteiger partial charge is 0.294 e. The lowest BCUT2D eigenvalue weighted by molar-refractivity contribution is 0.594. The summed E-state index contributed by atoms with van der Waals surface area (Å²) in [5.41, 5.74) is 6.76. The van der Waals surface area contributed by atoms with E-state index in [4.69, 9.17) is 4.98 Å². The summed E-state index contributed by atoms with van der Waals surface area (Å²) < 4.78 is 32.9. The molecule has 2 aromatic heterocycles. The molecule has 9 aromatic rings. The highest BCUT2D eigenvalue weighted by molar-refractivity contribution is 7.92. The molecule has 0 saturated heterocycles. The first-order valence-corrected chi connectivity index (χ1v) is 18.5. The molecule has 7 heteroatoms. The molecule has 0 unspecified atom stereocenters. The molecule has 0 atom stereocenters. The van der Waals surface area contributed by atoms with E-state index >= 15 is 0 Å². The Kier molecular flexibility index (Phi) is 5.82. The summed E-state index contributed by atoms with van der Waals surface area (Å²) in [4.78, 5) is 5.39. The van der Waals surface area contributed by atoms with Gasteiger partial charge in [-0.25, -0.2) is 13.4 Å². The Morgan fingerprint density at radius 3 is 1.94 bits per heavy atom. The molecule has 5 nitrogen and oxygen atoms in total. The van der Waals surface area contributed by atoms with Crippen LogP contribution in [0.25, 0.3) is 80.7 Å². The summed E-state index contributed by atoms with van der Waals surface area (Å²) in [5, 5.41) is 16.1. The summed E-state index contributed by atoms with van der Waals surface area (Å²) in [6.45, 7) is 2.05. The minimum absolute atomic E-state index is 0.296. The van der Waals surface area contributed by atoms with Crippen LogP contribution in [-0.2, 0) is 16.3 Å². The molecular weight excluding hydrogens is 643 g/mol. The molecule has 0 bridgehead atoms. The number of para-hydroxylation sites is 1. The average Bonchev–Trinajstić information content (AvgIpc) is 3.70. The van der Waals surface area contributed by atoms with Crippen molar-refractivity contribution in [2.24, 2.45) is 0 Å². The summed E-state index contributed by atoms with van der Waals surface area (Å²) in [6.07, 6.45) is 0.681. The highest BCUT2D eigenvalue weighted by Gasteiger charge is 2.33. The number of hydrogen-bond acceptors (Lipinski definition) is 5. The van der Waals surface area contributed by atoms with Gasteiger partial charge < -0.3 is 0 Å². The van der Waals surface area contributed by atoms with Gasteiger partial charge >= 0.3 is 0 Å². The number of imidazole rings is 1. The maximum absolute atomic E-state index is 14.3. The molecule has 0 saturated carbocycles. The second-order valence-electron chi connectivity index (χ2n) is 12.5. The van der Waals surface area contributed by atoms with Crippen molar-refractivity contribution in [3.05, 3.63) is 133 Å². The number of benzene rings is 7. The van der Waals surface area contributed by atoms with Gasteiger partial charge in [0.05, 0.1) is 38.1 Å². The Labute approximate surface area is 285 Å². The molecule has 49 heavy (non-hydrogen) atoms. The van der Waals surface area contributed by atoms with Crippen molar-refractivity contribution in [2.45, 2.75) is 23.1 Å². The normalized spacial score (nSPS) is 13.4. The number of aryl methyl sites for hydroxylation is 1. The molecular formula is C42H25N3O2S2. The van der Waals surface area contributed by atoms with E-state index in [0.29, 0.717) is 38.5 Å². The highest BCUT2D eigenvalue weighted by atomic mass is 32.2. The first-order valence-electron chi connectivity index (χ1n) is 16.2. The van der Waals surface area contributed by atoms with E-state index in [0.717, 1.165) is 59.7 Å². The molecule has 0 fully saturated rings. The lowest BCUT2D eigenvalue weighted by atomic mass is 9.86. The van der Waals surface area contributed by atoms with Crippen LogP contribution in [0.5, 0.6) is 0 Å². The van der Waals surface area contributed by atoms with E-state index in [1.165, 1.54) is 10.1 Å². The van der Waals surface area contributed by atoms with Gasteiger partial charge in [0.1, 0.15) is 5.82 Å². The summed E-state index contributed by atoms with van der Waals surface area (Å²) in [7, 11) is -3.80. The quantitative estimate of drug-likeness (QED) is 0.176. The number of nitriles is 1. The van der Waals surface area contributed by atoms with E-state index in [2.05, 4.69) is 66.7 Å². The molecule has 10 rings (SSSR count). The Balaban J connectivity index is 1.24. The van der Waals surface area contributed by atoms with E-state index in [9.17, 15) is 13.7 Å². The van der Waals surface area contributed by atoms with Crippen LogP contribution in [0.15, 0.2) is 131 Å². The second-order valence-corrected chi connectivity index (χ2v) is 15.5. The van der Waals surface area contributed by atoms with Crippen LogP contribution in [0.3, 0.4) is 0 Å². The maximum Gasteiger partial charge on any atom is 0.210 e. The molecule has 7 aromatic carbocycles. The van der Waals surface area contributed by atoms with E-state index in [1.54, 1.807) is 23.5 Å². The van der Waals surface area contributed by atoms with Gasteiger partial charge in [-0.15, -0.1) is 11.3 Å². The molecule has 0 N–H and O–H groups in total. The number of rotatable bonds is 3. The SMILES string of the molecule is CCc1nc2cccc3c2n1-c1ccc(-c2c4ccccc4c(-c4ccc5c(c4)sc4cc(C#N)ccc45)c4ccccc24)cc1S3(=O)=O. The lowest BCUT2D eigenvalue weighted by Crippen LogP contribution is -2.16. The van der Waals surface area contributed by atoms with Crippen LogP contribution in [0, 0.1) is 11.3 Å². The van der Waals surface area contributed by atoms with Crippen LogP contribution in [0.2, 0.25) is 0 Å². The number of thiophene rings is 1. The minimum Gasteiger partial charge on any atom is -0.294 e. The van der Waals surface area contributed by atoms with Crippen LogP contribution < -0.4 is 0 Å². The zero-order valence-electron chi connectivity index (χ0n) is 26.2. The van der Waals surface area contributed by atoms with Gasteiger partial charge in [0.15, 0.2) is 0 Å². The summed E-state index contributed by atoms with van der Waals surface area (Å²) in [5.74, 6) is 0.840. The van der Waals surface area contributed by atoms with Gasteiger partial charge in [-0.1, -0.05) is 85.8 Å². The Morgan fingerprint density at radius 1 is 0.673 bits per heavy atom. The second kappa shape index (κ2) is 10.1. The number of nitrogens with zero attached hydrogens (tertiary/aromatic N) is 3. The van der Waals surface area contributed by atoms with Crippen LogP contribution in [0.4, 0.5) is 0 Å². The topological polar surface area (TPSA) is 75.8 Å². The number of aromatic nitrogens is 2. The van der Waals surface area contributed by atoms with E-state index in [1.807, 2.05) is 60.0 Å². The Hall–Kier alpha value is -5.81. The maximum atomic E-state index is 14.3. The third kappa shape index (κ3) is 3.84. The van der Waals surface area contributed by atoms with Gasteiger partial charge in [-0.05, 0) is 86.3 Å². The fourth-order valence-corrected chi connectivity index (χ4v) is 10.6. The zero-order valence-corrected chi connectivity index (χ0v) is 27.9. The molecule has 3 heterocycles. The molecule has 232 valence electrons. The van der Waals surface area contributed by atoms with Gasteiger partial charge in [0.2, 0.25) is 9.84 Å². The van der Waals surface area contributed by atoms with Crippen LogP contribution in [0.1, 0.15) is 18.3 Å². The van der Waals surface area contributed by atoms with Crippen molar-refractivity contribution < 1.29 is 8.42 Å². The predicted molar refractivity (Wildman–Crippen MR) is 199 cm³/mol. The molecule has 0 aliphatic carbocycles. The molecule has 0 amide bonds. The van der Waals surface area contributed by atoms with Crippen LogP contribution >= 0.6 is 11.3 Å². The van der Waals surface area contributed by atoms with Gasteiger partial charge in [-0.2, -0.15) is 5.26 Å². The number of fused-ring (bicyclic) bond motifs is 7. The van der Waals surface area contributed by atoms with Gasteiger partial charge in [-0.3, -0.25) is 4.57 Å². The fourth-order valence-electron chi connectivity index (χ4n) is 7.80. The van der Waals surface area contributed by atoms with Crippen molar-refractivity contribution >= 4 is 73.9 Å². The first kappa shape index (κ1) is 28.2. The first-order chi connectivity index (χ1) is 24.0. The average molecular weight is 668 g/mol. The van der Waals surface area contributed by atoms with Crippen molar-refractivity contribution in [1.82, 2.24) is 9.55 Å². The zero-order chi connectivity index (χ0) is 33.0. The summed E-state index contributed by atoms with van der Waals surface area (Å²) >= 11 is 1.71. The molecule has 1 aliphatic rings. The minimum atomic E-state index is -3.80. The van der Waals surface area contributed by atoms with Crippen molar-refractivity contribution in [3.63, 3.8) is 0 Å². The van der Waals surface area contributed by atoms with Gasteiger partial charge in [0.25, 0.3) is 0 Å². The highest BCUT2D eigenvalue weighted by Crippen LogP contribution is 2.47. The van der Waals surface area contributed by atoms with E-state index in [-0.39, 0.29) is 0 Å². The standard InChI is InChI=1S/C42H25N3O2S2/c1-2-39-44-33-12-7-13-37-42(33)45(39)34-19-16-26(22-38(34)49(37,46)47)41-31-10-5-3-8-29(31)40(30-9-4-6-11-32(30)41)25-15-18-28-27-17-14-24(23-43)20-35(27)48-36(28)21-25/h3-22H,2H2,1H3. The number of sulfone groups is 1. The van der Waals surface area contributed by atoms with Gasteiger partial charge in [0, 0.05) is 26.6 Å².